The lowest BCUT2D eigenvalue weighted by Crippen LogP contribution is -2.40. The Bertz CT molecular complexity index is 1790. The molecular weight excluding hydrogens is 585 g/mol. The summed E-state index contributed by atoms with van der Waals surface area (Å²) in [6.45, 7) is 9.04. The molecule has 48 heavy (non-hydrogen) atoms. The number of rotatable bonds is 6. The molecule has 8 rings (SSSR count). The molecule has 0 unspecified atom stereocenters. The van der Waals surface area contributed by atoms with Gasteiger partial charge in [-0.15, -0.1) is 0 Å². The van der Waals surface area contributed by atoms with Crippen LogP contribution in [0.1, 0.15) is 128 Å². The molecule has 3 nitrogen and oxygen atoms in total. The van der Waals surface area contributed by atoms with Crippen molar-refractivity contribution >= 4 is 17.2 Å². The number of ketones is 1. The normalized spacial score (nSPS) is 21.5. The maximum atomic E-state index is 13.9. The Morgan fingerprint density at radius 3 is 1.23 bits per heavy atom. The molecule has 3 heteroatoms. The third kappa shape index (κ3) is 5.21. The fourth-order valence-electron chi connectivity index (χ4n) is 9.61. The first-order valence-corrected chi connectivity index (χ1v) is 18.2. The second-order valence-corrected chi connectivity index (χ2v) is 16.3. The molecular formula is C45H48N2O. The van der Waals surface area contributed by atoms with Gasteiger partial charge in [-0.1, -0.05) is 123 Å². The number of nitrogens with zero attached hydrogens (tertiary/aromatic N) is 2. The second-order valence-electron chi connectivity index (χ2n) is 16.3. The lowest BCUT2D eigenvalue weighted by Gasteiger charge is -2.39. The van der Waals surface area contributed by atoms with Crippen LogP contribution in [-0.4, -0.2) is 28.3 Å². The van der Waals surface area contributed by atoms with Crippen LogP contribution in [0.5, 0.6) is 0 Å². The summed E-state index contributed by atoms with van der Waals surface area (Å²) in [5.74, 6) is 0.0806. The largest absolute Gasteiger partial charge is 0.289 e. The van der Waals surface area contributed by atoms with Gasteiger partial charge in [0.25, 0.3) is 0 Å². The van der Waals surface area contributed by atoms with Crippen LogP contribution in [0, 0.1) is 0 Å². The van der Waals surface area contributed by atoms with Gasteiger partial charge in [0.2, 0.25) is 0 Å². The maximum Gasteiger partial charge on any atom is 0.193 e. The molecule has 0 aromatic heterocycles. The van der Waals surface area contributed by atoms with E-state index in [1.54, 1.807) is 0 Å². The van der Waals surface area contributed by atoms with E-state index in [2.05, 4.69) is 125 Å². The van der Waals surface area contributed by atoms with Crippen LogP contribution < -0.4 is 0 Å². The molecule has 0 N–H and O–H groups in total. The number of carbonyl (C=O) groups is 1. The summed E-state index contributed by atoms with van der Waals surface area (Å²) in [6.07, 6.45) is 11.1. The highest BCUT2D eigenvalue weighted by Crippen LogP contribution is 2.48. The van der Waals surface area contributed by atoms with Crippen molar-refractivity contribution in [1.82, 2.24) is 0 Å². The SMILES string of the molecule is CC1(C)Cc2ccccc2C(C2(c3ccc(C(=O)c4ccc(C5(C6=NC(C)(C)Cc7ccccc76)CCCC5)cc4)cc3)CCCC2)=N1. The highest BCUT2D eigenvalue weighted by atomic mass is 16.1. The van der Waals surface area contributed by atoms with Crippen LogP contribution in [0.2, 0.25) is 0 Å². The van der Waals surface area contributed by atoms with E-state index in [1.807, 2.05) is 0 Å². The highest BCUT2D eigenvalue weighted by Gasteiger charge is 2.46. The molecule has 4 aliphatic rings. The monoisotopic (exact) mass is 632 g/mol. The first-order chi connectivity index (χ1) is 23.1. The van der Waals surface area contributed by atoms with E-state index >= 15 is 0 Å². The van der Waals surface area contributed by atoms with E-state index in [4.69, 9.17) is 9.98 Å². The van der Waals surface area contributed by atoms with Gasteiger partial charge in [0, 0.05) is 22.0 Å². The van der Waals surface area contributed by atoms with Crippen LogP contribution in [0.25, 0.3) is 0 Å². The summed E-state index contributed by atoms with van der Waals surface area (Å²) >= 11 is 0. The molecule has 2 aliphatic carbocycles. The Morgan fingerprint density at radius 2 is 0.854 bits per heavy atom. The molecule has 244 valence electrons. The summed E-state index contributed by atoms with van der Waals surface area (Å²) in [4.78, 5) is 24.8. The molecule has 4 aromatic rings. The summed E-state index contributed by atoms with van der Waals surface area (Å²) in [5, 5.41) is 0. The van der Waals surface area contributed by atoms with Crippen molar-refractivity contribution in [3.8, 4) is 0 Å². The maximum absolute atomic E-state index is 13.9. The fraction of sp³-hybridized carbons (Fsp3) is 0.400. The summed E-state index contributed by atoms with van der Waals surface area (Å²) in [5.41, 5.74) is 11.5. The van der Waals surface area contributed by atoms with Gasteiger partial charge in [0.15, 0.2) is 5.78 Å². The number of carbonyl (C=O) groups excluding carboxylic acids is 1. The predicted molar refractivity (Wildman–Crippen MR) is 198 cm³/mol. The van der Waals surface area contributed by atoms with Crippen LogP contribution in [-0.2, 0) is 23.7 Å². The molecule has 2 heterocycles. The average molecular weight is 633 g/mol. The van der Waals surface area contributed by atoms with Gasteiger partial charge >= 0.3 is 0 Å². The van der Waals surface area contributed by atoms with E-state index in [9.17, 15) is 4.79 Å². The fourth-order valence-corrected chi connectivity index (χ4v) is 9.61. The molecule has 2 saturated carbocycles. The summed E-state index contributed by atoms with van der Waals surface area (Å²) in [7, 11) is 0. The highest BCUT2D eigenvalue weighted by molar-refractivity contribution is 6.12. The lowest BCUT2D eigenvalue weighted by atomic mass is 9.69. The number of benzene rings is 4. The van der Waals surface area contributed by atoms with E-state index in [-0.39, 0.29) is 27.7 Å². The van der Waals surface area contributed by atoms with E-state index in [0.717, 1.165) is 49.7 Å². The predicted octanol–water partition coefficient (Wildman–Crippen LogP) is 10.2. The van der Waals surface area contributed by atoms with Crippen molar-refractivity contribution in [2.75, 3.05) is 0 Å². The Morgan fingerprint density at radius 1 is 0.500 bits per heavy atom. The van der Waals surface area contributed by atoms with Crippen LogP contribution in [0.3, 0.4) is 0 Å². The van der Waals surface area contributed by atoms with Crippen molar-refractivity contribution in [3.05, 3.63) is 142 Å². The standard InChI is InChI=1S/C45H48N2O/c1-42(2)29-33-13-5-7-15-37(33)40(46-42)44(25-9-10-26-44)35-21-17-31(18-22-35)39(48)32-19-23-36(24-20-32)45(27-11-12-28-45)41-38-16-8-6-14-34(38)30-43(3,4)47-41/h5-8,13-24H,9-12,25-30H2,1-4H3. The number of hydrogen-bond donors (Lipinski definition) is 0. The molecule has 0 radical (unpaired) electrons. The number of hydrogen-bond acceptors (Lipinski definition) is 3. The van der Waals surface area contributed by atoms with Crippen molar-refractivity contribution in [1.29, 1.82) is 0 Å². The molecule has 2 fully saturated rings. The van der Waals surface area contributed by atoms with E-state index < -0.39 is 0 Å². The van der Waals surface area contributed by atoms with Gasteiger partial charge in [0.05, 0.1) is 22.5 Å². The minimum Gasteiger partial charge on any atom is -0.289 e. The Balaban J connectivity index is 1.10. The molecule has 0 bridgehead atoms. The molecule has 0 amide bonds. The van der Waals surface area contributed by atoms with Gasteiger partial charge in [0.1, 0.15) is 0 Å². The third-order valence-corrected chi connectivity index (χ3v) is 11.8. The van der Waals surface area contributed by atoms with Gasteiger partial charge in [-0.25, -0.2) is 0 Å². The molecule has 0 saturated heterocycles. The first kappa shape index (κ1) is 31.2. The van der Waals surface area contributed by atoms with Crippen molar-refractivity contribution < 1.29 is 4.79 Å². The first-order valence-electron chi connectivity index (χ1n) is 18.2. The minimum atomic E-state index is -0.123. The van der Waals surface area contributed by atoms with Gasteiger partial charge in [-0.3, -0.25) is 14.8 Å². The molecule has 0 atom stereocenters. The van der Waals surface area contributed by atoms with Crippen LogP contribution in [0.4, 0.5) is 0 Å². The zero-order chi connectivity index (χ0) is 33.1. The van der Waals surface area contributed by atoms with Gasteiger partial charge in [-0.05, 0) is 99.6 Å². The smallest absolute Gasteiger partial charge is 0.193 e. The van der Waals surface area contributed by atoms with Gasteiger partial charge in [-0.2, -0.15) is 0 Å². The van der Waals surface area contributed by atoms with Crippen LogP contribution in [0.15, 0.2) is 107 Å². The molecule has 2 aliphatic heterocycles. The topological polar surface area (TPSA) is 41.8 Å². The summed E-state index contributed by atoms with van der Waals surface area (Å²) < 4.78 is 0. The zero-order valence-corrected chi connectivity index (χ0v) is 29.1. The van der Waals surface area contributed by atoms with Crippen LogP contribution >= 0.6 is 0 Å². The van der Waals surface area contributed by atoms with E-state index in [1.165, 1.54) is 70.5 Å². The Kier molecular flexibility index (Phi) is 7.47. The summed E-state index contributed by atoms with van der Waals surface area (Å²) in [6, 6.07) is 34.8. The zero-order valence-electron chi connectivity index (χ0n) is 29.1. The van der Waals surface area contributed by atoms with Crippen molar-refractivity contribution in [2.24, 2.45) is 9.98 Å². The number of fused-ring (bicyclic) bond motifs is 2. The van der Waals surface area contributed by atoms with Gasteiger partial charge < -0.3 is 0 Å². The Hall–Kier alpha value is -4.11. The quantitative estimate of drug-likeness (QED) is 0.195. The van der Waals surface area contributed by atoms with Crippen molar-refractivity contribution in [3.63, 3.8) is 0 Å². The second kappa shape index (κ2) is 11.5. The lowest BCUT2D eigenvalue weighted by molar-refractivity contribution is 0.103. The minimum absolute atomic E-state index is 0.0806. The third-order valence-electron chi connectivity index (χ3n) is 11.8. The Labute approximate surface area is 286 Å². The average Bonchev–Trinajstić information content (AvgIpc) is 3.79. The van der Waals surface area contributed by atoms with E-state index in [0.29, 0.717) is 0 Å². The number of aliphatic imine (C=N–C) groups is 2. The molecule has 4 aromatic carbocycles. The van der Waals surface area contributed by atoms with Crippen molar-refractivity contribution in [2.45, 2.75) is 114 Å². The molecule has 0 spiro atoms.